The molecule has 0 amide bonds. The first-order valence-corrected chi connectivity index (χ1v) is 12.0. The van der Waals surface area contributed by atoms with Crippen molar-refractivity contribution >= 4 is 17.5 Å². The second-order valence-corrected chi connectivity index (χ2v) is 11.0. The summed E-state index contributed by atoms with van der Waals surface area (Å²) in [6.45, 7) is 7.00. The third-order valence-electron chi connectivity index (χ3n) is 9.67. The number of ketones is 2. The monoisotopic (exact) mass is 474 g/mol. The Hall–Kier alpha value is -2.48. The number of hydrogen-bond acceptors (Lipinski definition) is 7. The first-order chi connectivity index (χ1) is 15.9. The fourth-order valence-corrected chi connectivity index (χ4v) is 8.10. The SMILES string of the molecule is CCOC(=O)C1=C(O)C(=O)[C@@]2(O1)[C@H](C)C[C@H]1[C@@H]3CCC4=CC(=O)C=C[C@]4(C)[C@@]3(F)C(O)C[C@@]12C. The zero-order valence-corrected chi connectivity index (χ0v) is 19.9. The predicted octanol–water partition coefficient (Wildman–Crippen LogP) is 3.27. The molecule has 184 valence electrons. The van der Waals surface area contributed by atoms with Gasteiger partial charge < -0.3 is 19.7 Å². The number of aliphatic hydroxyl groups is 2. The molecular weight excluding hydrogens is 443 g/mol. The Balaban J connectivity index is 1.59. The molecule has 0 aromatic heterocycles. The van der Waals surface area contributed by atoms with Gasteiger partial charge in [-0.3, -0.25) is 9.59 Å². The van der Waals surface area contributed by atoms with E-state index in [1.54, 1.807) is 26.8 Å². The molecule has 8 heteroatoms. The third kappa shape index (κ3) is 2.42. The van der Waals surface area contributed by atoms with Crippen molar-refractivity contribution in [3.05, 3.63) is 35.3 Å². The highest BCUT2D eigenvalue weighted by Crippen LogP contribution is 2.72. The Morgan fingerprint density at radius 2 is 2.00 bits per heavy atom. The molecule has 3 saturated carbocycles. The molecule has 4 aliphatic carbocycles. The Morgan fingerprint density at radius 1 is 1.29 bits per heavy atom. The summed E-state index contributed by atoms with van der Waals surface area (Å²) in [5.41, 5.74) is -5.12. The van der Waals surface area contributed by atoms with Crippen LogP contribution in [0.5, 0.6) is 0 Å². The van der Waals surface area contributed by atoms with Crippen LogP contribution in [0.4, 0.5) is 4.39 Å². The number of carbonyl (C=O) groups is 3. The smallest absolute Gasteiger partial charge is 0.377 e. The van der Waals surface area contributed by atoms with E-state index in [9.17, 15) is 24.6 Å². The zero-order valence-electron chi connectivity index (χ0n) is 19.9. The van der Waals surface area contributed by atoms with E-state index >= 15 is 4.39 Å². The number of alkyl halides is 1. The second-order valence-electron chi connectivity index (χ2n) is 11.0. The molecule has 5 rings (SSSR count). The summed E-state index contributed by atoms with van der Waals surface area (Å²) >= 11 is 0. The minimum Gasteiger partial charge on any atom is -0.501 e. The van der Waals surface area contributed by atoms with Crippen molar-refractivity contribution < 1.29 is 38.5 Å². The largest absolute Gasteiger partial charge is 0.501 e. The number of halogens is 1. The summed E-state index contributed by atoms with van der Waals surface area (Å²) < 4.78 is 28.2. The predicted molar refractivity (Wildman–Crippen MR) is 118 cm³/mol. The van der Waals surface area contributed by atoms with E-state index in [0.717, 1.165) is 0 Å². The van der Waals surface area contributed by atoms with Gasteiger partial charge in [0.1, 0.15) is 0 Å². The van der Waals surface area contributed by atoms with Crippen LogP contribution in [0.15, 0.2) is 35.3 Å². The van der Waals surface area contributed by atoms with Crippen LogP contribution in [0, 0.1) is 28.6 Å². The number of Topliss-reactive ketones (excluding diaryl/α,β-unsaturated/α-hetero) is 1. The number of carbonyl (C=O) groups excluding carboxylic acids is 3. The Bertz CT molecular complexity index is 1090. The number of esters is 1. The first kappa shape index (κ1) is 23.3. The van der Waals surface area contributed by atoms with Gasteiger partial charge in [-0.25, -0.2) is 9.18 Å². The van der Waals surface area contributed by atoms with Gasteiger partial charge in [0.15, 0.2) is 17.1 Å². The van der Waals surface area contributed by atoms with Crippen LogP contribution in [0.1, 0.15) is 53.4 Å². The van der Waals surface area contributed by atoms with Crippen LogP contribution < -0.4 is 0 Å². The Labute approximate surface area is 197 Å². The molecule has 0 radical (unpaired) electrons. The van der Waals surface area contributed by atoms with Crippen molar-refractivity contribution in [3.8, 4) is 0 Å². The quantitative estimate of drug-likeness (QED) is 0.591. The summed E-state index contributed by atoms with van der Waals surface area (Å²) in [6.07, 6.45) is 4.25. The lowest BCUT2D eigenvalue weighted by Crippen LogP contribution is -2.69. The average Bonchev–Trinajstić information content (AvgIpc) is 3.17. The van der Waals surface area contributed by atoms with Gasteiger partial charge in [-0.05, 0) is 57.6 Å². The number of aliphatic hydroxyl groups excluding tert-OH is 2. The molecule has 1 unspecified atom stereocenters. The molecule has 5 aliphatic rings. The van der Waals surface area contributed by atoms with Crippen LogP contribution in [0.3, 0.4) is 0 Å². The van der Waals surface area contributed by atoms with Crippen molar-refractivity contribution in [2.45, 2.75) is 70.8 Å². The molecule has 8 atom stereocenters. The standard InChI is InChI=1S/C26H31FO7/c1-5-33-22(32)20-19(30)21(31)26(34-20)13(2)10-17-16-7-6-14-11-15(28)8-9-23(14,3)25(16,27)18(29)12-24(17,26)4/h8-9,11,13,16-18,29-30H,5-7,10,12H2,1-4H3/t13-,16+,17+,18?,23+,24+,25+,26+/m1/s1. The van der Waals surface area contributed by atoms with Crippen molar-refractivity contribution in [3.63, 3.8) is 0 Å². The van der Waals surface area contributed by atoms with E-state index in [4.69, 9.17) is 9.47 Å². The first-order valence-electron chi connectivity index (χ1n) is 12.0. The van der Waals surface area contributed by atoms with E-state index in [1.807, 2.05) is 6.92 Å². The third-order valence-corrected chi connectivity index (χ3v) is 9.67. The normalized spacial score (nSPS) is 47.2. The lowest BCUT2D eigenvalue weighted by atomic mass is 9.44. The summed E-state index contributed by atoms with van der Waals surface area (Å²) in [4.78, 5) is 37.9. The van der Waals surface area contributed by atoms with E-state index in [2.05, 4.69) is 0 Å². The van der Waals surface area contributed by atoms with Gasteiger partial charge in [0.05, 0.1) is 12.7 Å². The topological polar surface area (TPSA) is 110 Å². The number of fused-ring (bicyclic) bond motifs is 6. The molecule has 1 spiro atoms. The lowest BCUT2D eigenvalue weighted by Gasteiger charge is -2.62. The molecule has 0 saturated heterocycles. The van der Waals surface area contributed by atoms with Crippen molar-refractivity contribution in [2.75, 3.05) is 6.61 Å². The van der Waals surface area contributed by atoms with Crippen LogP contribution in [0.25, 0.3) is 0 Å². The molecule has 1 heterocycles. The molecule has 0 aromatic rings. The van der Waals surface area contributed by atoms with Gasteiger partial charge in [0.25, 0.3) is 5.76 Å². The highest BCUT2D eigenvalue weighted by molar-refractivity contribution is 6.09. The summed E-state index contributed by atoms with van der Waals surface area (Å²) in [6, 6.07) is 0. The van der Waals surface area contributed by atoms with Gasteiger partial charge in [0, 0.05) is 22.7 Å². The maximum absolute atomic E-state index is 17.2. The summed E-state index contributed by atoms with van der Waals surface area (Å²) in [7, 11) is 0. The molecule has 2 N–H and O–H groups in total. The van der Waals surface area contributed by atoms with Crippen LogP contribution in [-0.4, -0.2) is 51.7 Å². The van der Waals surface area contributed by atoms with Gasteiger partial charge in [-0.15, -0.1) is 0 Å². The molecule has 0 aromatic carbocycles. The van der Waals surface area contributed by atoms with Crippen LogP contribution >= 0.6 is 0 Å². The van der Waals surface area contributed by atoms with Gasteiger partial charge >= 0.3 is 5.97 Å². The number of hydrogen-bond donors (Lipinski definition) is 2. The van der Waals surface area contributed by atoms with Crippen LogP contribution in [0.2, 0.25) is 0 Å². The second kappa shape index (κ2) is 7.03. The van der Waals surface area contributed by atoms with E-state index < -0.39 is 63.3 Å². The fourth-order valence-electron chi connectivity index (χ4n) is 8.10. The molecule has 3 fully saturated rings. The summed E-state index contributed by atoms with van der Waals surface area (Å²) in [5, 5.41) is 22.0. The molecule has 1 aliphatic heterocycles. The van der Waals surface area contributed by atoms with Gasteiger partial charge in [-0.1, -0.05) is 25.5 Å². The van der Waals surface area contributed by atoms with E-state index in [1.165, 1.54) is 12.2 Å². The maximum atomic E-state index is 17.2. The zero-order chi connectivity index (χ0) is 24.8. The van der Waals surface area contributed by atoms with Gasteiger partial charge in [0.2, 0.25) is 11.5 Å². The number of ether oxygens (including phenoxy) is 2. The molecular formula is C26H31FO7. The molecule has 0 bridgehead atoms. The molecule has 7 nitrogen and oxygen atoms in total. The average molecular weight is 475 g/mol. The number of rotatable bonds is 2. The van der Waals surface area contributed by atoms with E-state index in [0.29, 0.717) is 24.8 Å². The molecule has 34 heavy (non-hydrogen) atoms. The Kier molecular flexibility index (Phi) is 4.81. The highest BCUT2D eigenvalue weighted by atomic mass is 19.1. The van der Waals surface area contributed by atoms with Crippen molar-refractivity contribution in [1.29, 1.82) is 0 Å². The lowest BCUT2D eigenvalue weighted by molar-refractivity contribution is -0.218. The minimum atomic E-state index is -2.04. The van der Waals surface area contributed by atoms with E-state index in [-0.39, 0.29) is 24.7 Å². The fraction of sp³-hybridized carbons (Fsp3) is 0.654. The van der Waals surface area contributed by atoms with Crippen molar-refractivity contribution in [1.82, 2.24) is 0 Å². The van der Waals surface area contributed by atoms with Crippen LogP contribution in [-0.2, 0) is 23.9 Å². The summed E-state index contributed by atoms with van der Waals surface area (Å²) in [5.74, 6) is -4.49. The Morgan fingerprint density at radius 3 is 2.68 bits per heavy atom. The number of allylic oxidation sites excluding steroid dienone is 4. The minimum absolute atomic E-state index is 0.0468. The van der Waals surface area contributed by atoms with Crippen molar-refractivity contribution in [2.24, 2.45) is 28.6 Å². The highest BCUT2D eigenvalue weighted by Gasteiger charge is 2.78. The van der Waals surface area contributed by atoms with Gasteiger partial charge in [-0.2, -0.15) is 0 Å². The maximum Gasteiger partial charge on any atom is 0.377 e.